The Morgan fingerprint density at radius 3 is 2.59 bits per heavy atom. The second kappa shape index (κ2) is 7.23. The van der Waals surface area contributed by atoms with Gasteiger partial charge in [0.05, 0.1) is 11.3 Å². The van der Waals surface area contributed by atoms with E-state index < -0.39 is 0 Å². The highest BCUT2D eigenvalue weighted by atomic mass is 16.3. The molecule has 2 aromatic rings. The molecule has 1 saturated carbocycles. The number of aromatic nitrogens is 2. The third-order valence-electron chi connectivity index (χ3n) is 5.73. The Bertz CT molecular complexity index is 903. The number of benzene rings is 1. The molecule has 144 valence electrons. The van der Waals surface area contributed by atoms with Crippen molar-refractivity contribution in [1.82, 2.24) is 14.9 Å². The van der Waals surface area contributed by atoms with Crippen LogP contribution in [0.15, 0.2) is 16.9 Å². The molecule has 0 saturated heterocycles. The second-order valence-electron chi connectivity index (χ2n) is 7.64. The zero-order chi connectivity index (χ0) is 19.0. The molecule has 2 aliphatic rings. The molecule has 2 heterocycles. The number of phenols is 3. The van der Waals surface area contributed by atoms with Crippen LogP contribution in [0.2, 0.25) is 0 Å². The van der Waals surface area contributed by atoms with E-state index in [1.807, 2.05) is 4.90 Å². The second-order valence-corrected chi connectivity index (χ2v) is 7.64. The molecule has 0 atom stereocenters. The highest BCUT2D eigenvalue weighted by molar-refractivity contribution is 5.48. The van der Waals surface area contributed by atoms with E-state index in [2.05, 4.69) is 4.98 Å². The Morgan fingerprint density at radius 1 is 1.07 bits per heavy atom. The average molecular weight is 371 g/mol. The molecule has 0 amide bonds. The lowest BCUT2D eigenvalue weighted by atomic mass is 9.88. The fraction of sp³-hybridized carbons (Fsp3) is 0.500. The molecule has 27 heavy (non-hydrogen) atoms. The standard InChI is InChI=1S/C20H25N3O4/c24-16-9-18(26)17(25)8-13(16)10-23-7-6-15-14(11-23)20(27)22-19(21-15)12-4-2-1-3-5-12/h8-9,12,24-26H,1-7,10-11H2,(H,21,22,27). The summed E-state index contributed by atoms with van der Waals surface area (Å²) < 4.78 is 0. The smallest absolute Gasteiger partial charge is 0.255 e. The highest BCUT2D eigenvalue weighted by Crippen LogP contribution is 2.34. The van der Waals surface area contributed by atoms with Crippen LogP contribution in [0.25, 0.3) is 0 Å². The first-order valence-corrected chi connectivity index (χ1v) is 9.59. The van der Waals surface area contributed by atoms with E-state index in [-0.39, 0.29) is 22.8 Å². The van der Waals surface area contributed by atoms with Crippen molar-refractivity contribution >= 4 is 0 Å². The summed E-state index contributed by atoms with van der Waals surface area (Å²) >= 11 is 0. The lowest BCUT2D eigenvalue weighted by molar-refractivity contribution is 0.237. The third kappa shape index (κ3) is 3.64. The minimum Gasteiger partial charge on any atom is -0.507 e. The lowest BCUT2D eigenvalue weighted by Gasteiger charge is -2.29. The summed E-state index contributed by atoms with van der Waals surface area (Å²) in [6, 6.07) is 2.49. The van der Waals surface area contributed by atoms with Gasteiger partial charge in [-0.2, -0.15) is 0 Å². The summed E-state index contributed by atoms with van der Waals surface area (Å²) in [6.45, 7) is 1.54. The first-order valence-electron chi connectivity index (χ1n) is 9.59. The van der Waals surface area contributed by atoms with Crippen molar-refractivity contribution in [3.63, 3.8) is 0 Å². The maximum Gasteiger partial charge on any atom is 0.255 e. The van der Waals surface area contributed by atoms with Crippen LogP contribution in [-0.2, 0) is 19.5 Å². The summed E-state index contributed by atoms with van der Waals surface area (Å²) in [4.78, 5) is 22.5. The van der Waals surface area contributed by atoms with Crippen LogP contribution in [0, 0.1) is 0 Å². The molecule has 4 rings (SSSR count). The molecular weight excluding hydrogens is 346 g/mol. The van der Waals surface area contributed by atoms with Crippen LogP contribution in [0.5, 0.6) is 17.2 Å². The van der Waals surface area contributed by atoms with E-state index in [1.165, 1.54) is 25.3 Å². The quantitative estimate of drug-likeness (QED) is 0.487. The number of rotatable bonds is 3. The number of fused-ring (bicyclic) bond motifs is 1. The number of aromatic hydroxyl groups is 3. The van der Waals surface area contributed by atoms with E-state index in [0.717, 1.165) is 30.4 Å². The van der Waals surface area contributed by atoms with Crippen LogP contribution >= 0.6 is 0 Å². The Kier molecular flexibility index (Phi) is 4.78. The van der Waals surface area contributed by atoms with Crippen molar-refractivity contribution < 1.29 is 15.3 Å². The first kappa shape index (κ1) is 17.9. The monoisotopic (exact) mass is 371 g/mol. The van der Waals surface area contributed by atoms with Gasteiger partial charge < -0.3 is 20.3 Å². The van der Waals surface area contributed by atoms with Crippen molar-refractivity contribution in [2.45, 2.75) is 57.5 Å². The summed E-state index contributed by atoms with van der Waals surface area (Å²) in [6.07, 6.45) is 6.53. The minimum atomic E-state index is -0.351. The average Bonchev–Trinajstić information content (AvgIpc) is 2.67. The molecule has 0 spiro atoms. The zero-order valence-corrected chi connectivity index (χ0v) is 15.2. The fourth-order valence-electron chi connectivity index (χ4n) is 4.18. The number of phenolic OH excluding ortho intramolecular Hbond substituents is 3. The highest BCUT2D eigenvalue weighted by Gasteiger charge is 2.25. The number of aromatic amines is 1. The fourth-order valence-corrected chi connectivity index (χ4v) is 4.18. The predicted molar refractivity (Wildman–Crippen MR) is 99.9 cm³/mol. The van der Waals surface area contributed by atoms with Crippen LogP contribution in [-0.4, -0.2) is 36.7 Å². The van der Waals surface area contributed by atoms with E-state index in [1.54, 1.807) is 0 Å². The maximum atomic E-state index is 12.6. The predicted octanol–water partition coefficient (Wildman–Crippen LogP) is 2.49. The van der Waals surface area contributed by atoms with E-state index in [9.17, 15) is 20.1 Å². The van der Waals surface area contributed by atoms with Crippen molar-refractivity contribution in [2.75, 3.05) is 6.54 Å². The zero-order valence-electron chi connectivity index (χ0n) is 15.2. The van der Waals surface area contributed by atoms with Gasteiger partial charge in [0.25, 0.3) is 5.56 Å². The minimum absolute atomic E-state index is 0.0666. The van der Waals surface area contributed by atoms with Crippen LogP contribution in [0.4, 0.5) is 0 Å². The Balaban J connectivity index is 1.53. The number of hydrogen-bond donors (Lipinski definition) is 4. The molecule has 0 radical (unpaired) electrons. The number of hydrogen-bond acceptors (Lipinski definition) is 6. The molecule has 0 unspecified atom stereocenters. The Morgan fingerprint density at radius 2 is 1.81 bits per heavy atom. The van der Waals surface area contributed by atoms with Gasteiger partial charge in [-0.05, 0) is 18.9 Å². The SMILES string of the molecule is O=c1[nH]c(C2CCCCC2)nc2c1CN(Cc1cc(O)c(O)cc1O)CC2. The molecule has 4 N–H and O–H groups in total. The third-order valence-corrected chi connectivity index (χ3v) is 5.73. The van der Waals surface area contributed by atoms with Crippen LogP contribution in [0.3, 0.4) is 0 Å². The van der Waals surface area contributed by atoms with Crippen LogP contribution in [0.1, 0.15) is 60.7 Å². The normalized spacial score (nSPS) is 18.4. The lowest BCUT2D eigenvalue weighted by Crippen LogP contribution is -2.36. The molecule has 1 aromatic carbocycles. The largest absolute Gasteiger partial charge is 0.507 e. The summed E-state index contributed by atoms with van der Waals surface area (Å²) in [7, 11) is 0. The van der Waals surface area contributed by atoms with E-state index >= 15 is 0 Å². The van der Waals surface area contributed by atoms with Crippen molar-refractivity contribution in [2.24, 2.45) is 0 Å². The molecule has 1 aliphatic heterocycles. The summed E-state index contributed by atoms with van der Waals surface area (Å²) in [5.74, 6) is 0.517. The van der Waals surface area contributed by atoms with Gasteiger partial charge in [0.1, 0.15) is 11.6 Å². The van der Waals surface area contributed by atoms with Gasteiger partial charge in [-0.1, -0.05) is 19.3 Å². The Hall–Kier alpha value is -2.54. The molecular formula is C20H25N3O4. The van der Waals surface area contributed by atoms with Gasteiger partial charge >= 0.3 is 0 Å². The first-order chi connectivity index (χ1) is 13.0. The summed E-state index contributed by atoms with van der Waals surface area (Å²) in [5, 5.41) is 29.1. The van der Waals surface area contributed by atoms with Crippen LogP contribution < -0.4 is 5.56 Å². The van der Waals surface area contributed by atoms with Gasteiger partial charge in [-0.3, -0.25) is 9.69 Å². The van der Waals surface area contributed by atoms with Gasteiger partial charge in [0, 0.05) is 43.6 Å². The molecule has 7 nitrogen and oxygen atoms in total. The van der Waals surface area contributed by atoms with Crippen molar-refractivity contribution in [3.8, 4) is 17.2 Å². The Labute approximate surface area is 157 Å². The topological polar surface area (TPSA) is 110 Å². The maximum absolute atomic E-state index is 12.6. The van der Waals surface area contributed by atoms with Gasteiger partial charge in [0.15, 0.2) is 11.5 Å². The molecule has 0 bridgehead atoms. The molecule has 1 aliphatic carbocycles. The van der Waals surface area contributed by atoms with Crippen molar-refractivity contribution in [3.05, 3.63) is 45.1 Å². The number of nitrogens with one attached hydrogen (secondary N) is 1. The van der Waals surface area contributed by atoms with Gasteiger partial charge in [-0.15, -0.1) is 0 Å². The van der Waals surface area contributed by atoms with E-state index in [4.69, 9.17) is 4.98 Å². The van der Waals surface area contributed by atoms with Gasteiger partial charge in [0.2, 0.25) is 0 Å². The molecule has 1 fully saturated rings. The van der Waals surface area contributed by atoms with Crippen molar-refractivity contribution in [1.29, 1.82) is 0 Å². The number of nitrogens with zero attached hydrogens (tertiary/aromatic N) is 2. The summed E-state index contributed by atoms with van der Waals surface area (Å²) in [5.41, 5.74) is 2.01. The number of H-pyrrole nitrogens is 1. The van der Waals surface area contributed by atoms with E-state index in [0.29, 0.717) is 43.1 Å². The molecule has 1 aromatic heterocycles. The molecule has 7 heteroatoms. The van der Waals surface area contributed by atoms with Gasteiger partial charge in [-0.25, -0.2) is 4.98 Å².